The summed E-state index contributed by atoms with van der Waals surface area (Å²) in [5.41, 5.74) is 0. The molecule has 1 rings (SSSR count). The maximum absolute atomic E-state index is 11.8. The van der Waals surface area contributed by atoms with Crippen LogP contribution < -0.4 is 10.6 Å². The number of aliphatic hydroxyl groups is 1. The molecule has 1 aliphatic heterocycles. The van der Waals surface area contributed by atoms with Crippen LogP contribution in [0.5, 0.6) is 0 Å². The first-order chi connectivity index (χ1) is 9.42. The average molecular weight is 289 g/mol. The molecule has 3 amide bonds. The number of urea groups is 1. The number of carboxylic acids is 1. The molecule has 0 aromatic carbocycles. The molecule has 9 heteroatoms. The number of amides is 3. The maximum atomic E-state index is 11.8. The van der Waals surface area contributed by atoms with Crippen LogP contribution in [-0.4, -0.2) is 78.0 Å². The van der Waals surface area contributed by atoms with Crippen molar-refractivity contribution in [3.63, 3.8) is 0 Å². The van der Waals surface area contributed by atoms with Crippen LogP contribution >= 0.6 is 0 Å². The number of carboxylic acid groups (broad SMARTS) is 1. The Morgan fingerprint density at radius 2 is 1.95 bits per heavy atom. The van der Waals surface area contributed by atoms with Crippen molar-refractivity contribution in [2.24, 2.45) is 0 Å². The van der Waals surface area contributed by atoms with Crippen LogP contribution in [-0.2, 0) is 14.3 Å². The minimum absolute atomic E-state index is 0.187. The van der Waals surface area contributed by atoms with Crippen molar-refractivity contribution in [2.75, 3.05) is 32.8 Å². The highest BCUT2D eigenvalue weighted by atomic mass is 16.5. The highest BCUT2D eigenvalue weighted by Crippen LogP contribution is 2.10. The zero-order valence-electron chi connectivity index (χ0n) is 11.2. The minimum atomic E-state index is -1.16. The summed E-state index contributed by atoms with van der Waals surface area (Å²) < 4.78 is 5.39. The molecule has 2 unspecified atom stereocenters. The summed E-state index contributed by atoms with van der Waals surface area (Å²) in [5, 5.41) is 21.9. The van der Waals surface area contributed by atoms with Gasteiger partial charge in [-0.3, -0.25) is 9.59 Å². The number of nitrogens with one attached hydrogen (secondary N) is 2. The van der Waals surface area contributed by atoms with E-state index in [1.54, 1.807) is 6.92 Å². The van der Waals surface area contributed by atoms with Gasteiger partial charge in [-0.15, -0.1) is 0 Å². The molecule has 9 nitrogen and oxygen atoms in total. The van der Waals surface area contributed by atoms with Crippen molar-refractivity contribution in [3.05, 3.63) is 0 Å². The number of ether oxygens (including phenoxy) is 1. The fourth-order valence-electron chi connectivity index (χ4n) is 1.82. The molecule has 1 heterocycles. The lowest BCUT2D eigenvalue weighted by Gasteiger charge is -2.35. The van der Waals surface area contributed by atoms with Gasteiger partial charge in [-0.25, -0.2) is 4.79 Å². The lowest BCUT2D eigenvalue weighted by atomic mass is 10.2. The monoisotopic (exact) mass is 289 g/mol. The van der Waals surface area contributed by atoms with Gasteiger partial charge in [-0.1, -0.05) is 0 Å². The third kappa shape index (κ3) is 5.41. The number of morpholine rings is 1. The Kier molecular flexibility index (Phi) is 6.19. The van der Waals surface area contributed by atoms with E-state index in [9.17, 15) is 14.4 Å². The van der Waals surface area contributed by atoms with Crippen LogP contribution in [0, 0.1) is 0 Å². The van der Waals surface area contributed by atoms with Gasteiger partial charge in [0, 0.05) is 6.54 Å². The van der Waals surface area contributed by atoms with Crippen LogP contribution in [0.2, 0.25) is 0 Å². The number of aliphatic hydroxyl groups excluding tert-OH is 1. The predicted molar refractivity (Wildman–Crippen MR) is 67.0 cm³/mol. The Morgan fingerprint density at radius 3 is 2.55 bits per heavy atom. The van der Waals surface area contributed by atoms with Gasteiger partial charge in [0.1, 0.15) is 6.54 Å². The van der Waals surface area contributed by atoms with Crippen LogP contribution in [0.25, 0.3) is 0 Å². The van der Waals surface area contributed by atoms with E-state index in [0.29, 0.717) is 6.54 Å². The van der Waals surface area contributed by atoms with E-state index >= 15 is 0 Å². The molecule has 1 fully saturated rings. The van der Waals surface area contributed by atoms with Gasteiger partial charge in [0.25, 0.3) is 0 Å². The molecule has 0 radical (unpaired) electrons. The van der Waals surface area contributed by atoms with E-state index in [-0.39, 0.29) is 25.8 Å². The molecule has 4 N–H and O–H groups in total. The molecule has 0 aromatic rings. The number of carbonyl (C=O) groups is 3. The van der Waals surface area contributed by atoms with Crippen molar-refractivity contribution in [1.29, 1.82) is 0 Å². The molecule has 1 aliphatic rings. The minimum Gasteiger partial charge on any atom is -0.480 e. The molecule has 0 saturated carbocycles. The fourth-order valence-corrected chi connectivity index (χ4v) is 1.82. The third-order valence-electron chi connectivity index (χ3n) is 2.65. The van der Waals surface area contributed by atoms with Gasteiger partial charge in [-0.2, -0.15) is 0 Å². The zero-order chi connectivity index (χ0) is 15.1. The van der Waals surface area contributed by atoms with Gasteiger partial charge < -0.3 is 30.5 Å². The first kappa shape index (κ1) is 16.2. The number of hydrogen-bond acceptors (Lipinski definition) is 5. The fraction of sp³-hybridized carbons (Fsp3) is 0.727. The molecule has 20 heavy (non-hydrogen) atoms. The molecule has 2 atom stereocenters. The highest BCUT2D eigenvalue weighted by molar-refractivity contribution is 5.86. The topological polar surface area (TPSA) is 128 Å². The number of carbonyl (C=O) groups excluding carboxylic acids is 2. The Labute approximate surface area is 115 Å². The SMILES string of the molecule is CC1CN(C(=O)NCC(=O)NCC(=O)O)CC(CO)O1. The van der Waals surface area contributed by atoms with E-state index in [0.717, 1.165) is 0 Å². The first-order valence-electron chi connectivity index (χ1n) is 6.20. The van der Waals surface area contributed by atoms with E-state index in [2.05, 4.69) is 10.6 Å². The van der Waals surface area contributed by atoms with Crippen molar-refractivity contribution in [1.82, 2.24) is 15.5 Å². The van der Waals surface area contributed by atoms with Crippen molar-refractivity contribution >= 4 is 17.9 Å². The van der Waals surface area contributed by atoms with E-state index in [1.165, 1.54) is 4.90 Å². The predicted octanol–water partition coefficient (Wildman–Crippen LogP) is -2.02. The van der Waals surface area contributed by atoms with E-state index < -0.39 is 30.6 Å². The second-order valence-corrected chi connectivity index (χ2v) is 4.49. The van der Waals surface area contributed by atoms with Gasteiger partial charge in [-0.05, 0) is 6.92 Å². The van der Waals surface area contributed by atoms with E-state index in [4.69, 9.17) is 14.9 Å². The quantitative estimate of drug-likeness (QED) is 0.462. The van der Waals surface area contributed by atoms with Crippen molar-refractivity contribution in [2.45, 2.75) is 19.1 Å². The Hall–Kier alpha value is -1.87. The maximum Gasteiger partial charge on any atom is 0.322 e. The Morgan fingerprint density at radius 1 is 1.25 bits per heavy atom. The summed E-state index contributed by atoms with van der Waals surface area (Å²) in [5.74, 6) is -1.74. The zero-order valence-corrected chi connectivity index (χ0v) is 11.2. The summed E-state index contributed by atoms with van der Waals surface area (Å²) >= 11 is 0. The first-order valence-corrected chi connectivity index (χ1v) is 6.20. The van der Waals surface area contributed by atoms with Crippen LogP contribution in [0.4, 0.5) is 4.79 Å². The molecule has 1 saturated heterocycles. The second-order valence-electron chi connectivity index (χ2n) is 4.49. The lowest BCUT2D eigenvalue weighted by molar-refractivity contribution is -0.137. The smallest absolute Gasteiger partial charge is 0.322 e. The summed E-state index contributed by atoms with van der Waals surface area (Å²) in [4.78, 5) is 34.8. The molecule has 0 aliphatic carbocycles. The molecular weight excluding hydrogens is 270 g/mol. The third-order valence-corrected chi connectivity index (χ3v) is 2.65. The molecular formula is C11H19N3O6. The summed E-state index contributed by atoms with van der Waals surface area (Å²) in [6.07, 6.45) is -0.641. The van der Waals surface area contributed by atoms with Gasteiger partial charge in [0.05, 0.1) is 31.9 Å². The Balaban J connectivity index is 2.34. The summed E-state index contributed by atoms with van der Waals surface area (Å²) in [7, 11) is 0. The standard InChI is InChI=1S/C11H19N3O6/c1-7-4-14(5-8(6-15)20-7)11(19)13-2-9(16)12-3-10(17)18/h7-8,15H,2-6H2,1H3,(H,12,16)(H,13,19)(H,17,18). The largest absolute Gasteiger partial charge is 0.480 e. The van der Waals surface area contributed by atoms with Gasteiger partial charge >= 0.3 is 12.0 Å². The van der Waals surface area contributed by atoms with Crippen molar-refractivity contribution in [3.8, 4) is 0 Å². The van der Waals surface area contributed by atoms with Crippen LogP contribution in [0.3, 0.4) is 0 Å². The number of nitrogens with zero attached hydrogens (tertiary/aromatic N) is 1. The number of hydrogen-bond donors (Lipinski definition) is 4. The molecule has 0 aromatic heterocycles. The van der Waals surface area contributed by atoms with Crippen LogP contribution in [0.1, 0.15) is 6.92 Å². The van der Waals surface area contributed by atoms with Crippen molar-refractivity contribution < 1.29 is 29.3 Å². The van der Waals surface area contributed by atoms with Gasteiger partial charge in [0.15, 0.2) is 0 Å². The Bertz CT molecular complexity index is 375. The molecule has 0 bridgehead atoms. The van der Waals surface area contributed by atoms with Crippen LogP contribution in [0.15, 0.2) is 0 Å². The molecule has 114 valence electrons. The second kappa shape index (κ2) is 7.65. The van der Waals surface area contributed by atoms with E-state index in [1.807, 2.05) is 0 Å². The van der Waals surface area contributed by atoms with Gasteiger partial charge in [0.2, 0.25) is 5.91 Å². The number of aliphatic carboxylic acids is 1. The lowest BCUT2D eigenvalue weighted by Crippen LogP contribution is -2.54. The summed E-state index contributed by atoms with van der Waals surface area (Å²) in [6.45, 7) is 1.40. The average Bonchev–Trinajstić information content (AvgIpc) is 2.41. The highest BCUT2D eigenvalue weighted by Gasteiger charge is 2.27. The summed E-state index contributed by atoms with van der Waals surface area (Å²) in [6, 6.07) is -0.455. The normalized spacial score (nSPS) is 22.2. The molecule has 0 spiro atoms. The number of rotatable bonds is 5.